The molecule has 4 nitrogen and oxygen atoms in total. The number of halogens is 2. The van der Waals surface area contributed by atoms with E-state index in [1.807, 2.05) is 6.92 Å². The Balaban J connectivity index is 2.83. The smallest absolute Gasteiger partial charge is 0.307 e. The van der Waals surface area contributed by atoms with Crippen LogP contribution in [0, 0.1) is 0 Å². The van der Waals surface area contributed by atoms with Gasteiger partial charge in [0.1, 0.15) is 0 Å². The Morgan fingerprint density at radius 2 is 2.11 bits per heavy atom. The van der Waals surface area contributed by atoms with Crippen LogP contribution in [0.15, 0.2) is 22.7 Å². The lowest BCUT2D eigenvalue weighted by molar-refractivity contribution is -0.140. The molecule has 0 radical (unpaired) electrons. The number of esters is 1. The molecule has 19 heavy (non-hydrogen) atoms. The molecule has 0 aliphatic rings. The summed E-state index contributed by atoms with van der Waals surface area (Å²) in [5, 5.41) is 0.496. The van der Waals surface area contributed by atoms with Crippen molar-refractivity contribution in [1.29, 1.82) is 0 Å². The third-order valence-corrected chi connectivity index (χ3v) is 3.57. The van der Waals surface area contributed by atoms with Gasteiger partial charge >= 0.3 is 5.97 Å². The number of hydrogen-bond acceptors (Lipinski definition) is 3. The minimum Gasteiger partial charge on any atom is -0.469 e. The molecule has 0 N–H and O–H groups in total. The van der Waals surface area contributed by atoms with Crippen LogP contribution in [-0.4, -0.2) is 37.0 Å². The van der Waals surface area contributed by atoms with E-state index in [1.54, 1.807) is 23.1 Å². The van der Waals surface area contributed by atoms with Crippen LogP contribution in [0.2, 0.25) is 5.02 Å². The fourth-order valence-electron chi connectivity index (χ4n) is 1.56. The number of rotatable bonds is 5. The maximum Gasteiger partial charge on any atom is 0.307 e. The van der Waals surface area contributed by atoms with Crippen LogP contribution in [0.3, 0.4) is 0 Å². The van der Waals surface area contributed by atoms with Crippen molar-refractivity contribution >= 4 is 39.4 Å². The maximum atomic E-state index is 12.3. The predicted molar refractivity (Wildman–Crippen MR) is 77.4 cm³/mol. The zero-order valence-electron chi connectivity index (χ0n) is 10.8. The molecule has 0 aliphatic heterocycles. The molecular weight excluding hydrogens is 334 g/mol. The molecule has 6 heteroatoms. The van der Waals surface area contributed by atoms with Crippen LogP contribution in [0.5, 0.6) is 0 Å². The summed E-state index contributed by atoms with van der Waals surface area (Å²) in [6, 6.07) is 5.03. The Hall–Kier alpha value is -1.07. The summed E-state index contributed by atoms with van der Waals surface area (Å²) in [7, 11) is 1.33. The fraction of sp³-hybridized carbons (Fsp3) is 0.385. The summed E-state index contributed by atoms with van der Waals surface area (Å²) in [5.41, 5.74) is 0.485. The highest BCUT2D eigenvalue weighted by molar-refractivity contribution is 9.10. The van der Waals surface area contributed by atoms with Gasteiger partial charge in [-0.05, 0) is 41.1 Å². The highest BCUT2D eigenvalue weighted by atomic mass is 79.9. The molecule has 0 spiro atoms. The van der Waals surface area contributed by atoms with Gasteiger partial charge in [0.15, 0.2) is 0 Å². The number of methoxy groups -OCH3 is 1. The summed E-state index contributed by atoms with van der Waals surface area (Å²) in [4.78, 5) is 25.0. The van der Waals surface area contributed by atoms with Crippen molar-refractivity contribution < 1.29 is 14.3 Å². The van der Waals surface area contributed by atoms with Crippen molar-refractivity contribution in [3.63, 3.8) is 0 Å². The summed E-state index contributed by atoms with van der Waals surface area (Å²) in [5.74, 6) is -0.503. The molecule has 1 rings (SSSR count). The van der Waals surface area contributed by atoms with Crippen LogP contribution < -0.4 is 0 Å². The Morgan fingerprint density at radius 3 is 2.68 bits per heavy atom. The van der Waals surface area contributed by atoms with E-state index in [4.69, 9.17) is 11.6 Å². The zero-order chi connectivity index (χ0) is 14.4. The fourth-order valence-corrected chi connectivity index (χ4v) is 2.15. The minimum absolute atomic E-state index is 0.166. The van der Waals surface area contributed by atoms with E-state index in [-0.39, 0.29) is 18.3 Å². The van der Waals surface area contributed by atoms with Gasteiger partial charge in [-0.15, -0.1) is 0 Å². The second-order valence-corrected chi connectivity index (χ2v) is 5.13. The van der Waals surface area contributed by atoms with Crippen molar-refractivity contribution in [2.75, 3.05) is 20.2 Å². The van der Waals surface area contributed by atoms with Crippen LogP contribution in [0.1, 0.15) is 23.7 Å². The average Bonchev–Trinajstić information content (AvgIpc) is 2.41. The number of benzene rings is 1. The van der Waals surface area contributed by atoms with E-state index >= 15 is 0 Å². The third-order valence-electron chi connectivity index (χ3n) is 2.64. The van der Waals surface area contributed by atoms with Gasteiger partial charge in [-0.25, -0.2) is 0 Å². The number of carbonyl (C=O) groups is 2. The normalized spacial score (nSPS) is 10.1. The van der Waals surface area contributed by atoms with Crippen molar-refractivity contribution in [1.82, 2.24) is 4.90 Å². The standard InChI is InChI=1S/C13H15BrClNO3/c1-3-16(7-6-12(17)19-2)13(18)10-8-9(15)4-5-11(10)14/h4-5,8H,3,6-7H2,1-2H3. The molecule has 0 atom stereocenters. The van der Waals surface area contributed by atoms with Gasteiger partial charge in [0.25, 0.3) is 5.91 Å². The predicted octanol–water partition coefficient (Wildman–Crippen LogP) is 3.13. The SMILES string of the molecule is CCN(CCC(=O)OC)C(=O)c1cc(Cl)ccc1Br. The van der Waals surface area contributed by atoms with Crippen molar-refractivity contribution in [3.8, 4) is 0 Å². The van der Waals surface area contributed by atoms with E-state index in [0.29, 0.717) is 28.1 Å². The van der Waals surface area contributed by atoms with Crippen LogP contribution in [-0.2, 0) is 9.53 Å². The summed E-state index contributed by atoms with van der Waals surface area (Å²) < 4.78 is 5.25. The van der Waals surface area contributed by atoms with Crippen molar-refractivity contribution in [3.05, 3.63) is 33.3 Å². The molecule has 104 valence electrons. The lowest BCUT2D eigenvalue weighted by Gasteiger charge is -2.21. The monoisotopic (exact) mass is 347 g/mol. The van der Waals surface area contributed by atoms with E-state index < -0.39 is 0 Å². The van der Waals surface area contributed by atoms with E-state index in [9.17, 15) is 9.59 Å². The van der Waals surface area contributed by atoms with E-state index in [0.717, 1.165) is 0 Å². The molecule has 0 unspecified atom stereocenters. The lowest BCUT2D eigenvalue weighted by atomic mass is 10.2. The minimum atomic E-state index is -0.337. The second kappa shape index (κ2) is 7.50. The third kappa shape index (κ3) is 4.51. The molecule has 0 aliphatic carbocycles. The van der Waals surface area contributed by atoms with Gasteiger partial charge < -0.3 is 9.64 Å². The van der Waals surface area contributed by atoms with Crippen LogP contribution in [0.4, 0.5) is 0 Å². The number of hydrogen-bond donors (Lipinski definition) is 0. The van der Waals surface area contributed by atoms with Crippen molar-refractivity contribution in [2.45, 2.75) is 13.3 Å². The van der Waals surface area contributed by atoms with Gasteiger partial charge in [-0.1, -0.05) is 11.6 Å². The number of nitrogens with zero attached hydrogens (tertiary/aromatic N) is 1. The van der Waals surface area contributed by atoms with Gasteiger partial charge in [0.2, 0.25) is 0 Å². The zero-order valence-corrected chi connectivity index (χ0v) is 13.1. The maximum absolute atomic E-state index is 12.3. The van der Waals surface area contributed by atoms with Gasteiger partial charge in [-0.2, -0.15) is 0 Å². The number of amides is 1. The molecule has 0 fully saturated rings. The molecule has 1 aromatic rings. The van der Waals surface area contributed by atoms with Gasteiger partial charge in [0.05, 0.1) is 19.1 Å². The topological polar surface area (TPSA) is 46.6 Å². The molecular formula is C13H15BrClNO3. The lowest BCUT2D eigenvalue weighted by Crippen LogP contribution is -2.33. The number of carbonyl (C=O) groups excluding carboxylic acids is 2. The first kappa shape index (κ1) is 16.0. The molecule has 0 aromatic heterocycles. The summed E-state index contributed by atoms with van der Waals surface area (Å²) in [6.45, 7) is 2.68. The van der Waals surface area contributed by atoms with Crippen LogP contribution >= 0.6 is 27.5 Å². The van der Waals surface area contributed by atoms with Gasteiger partial charge in [-0.3, -0.25) is 9.59 Å². The molecule has 0 saturated carbocycles. The van der Waals surface area contributed by atoms with Crippen molar-refractivity contribution in [2.24, 2.45) is 0 Å². The number of ether oxygens (including phenoxy) is 1. The molecule has 0 saturated heterocycles. The Labute approximate surface area is 125 Å². The van der Waals surface area contributed by atoms with E-state index in [2.05, 4.69) is 20.7 Å². The van der Waals surface area contributed by atoms with E-state index in [1.165, 1.54) is 7.11 Å². The largest absolute Gasteiger partial charge is 0.469 e. The first-order valence-corrected chi connectivity index (χ1v) is 6.97. The molecule has 1 amide bonds. The quantitative estimate of drug-likeness (QED) is 0.768. The molecule has 0 heterocycles. The highest BCUT2D eigenvalue weighted by Crippen LogP contribution is 2.22. The first-order valence-electron chi connectivity index (χ1n) is 5.80. The molecule has 0 bridgehead atoms. The Bertz CT molecular complexity index is 479. The Kier molecular flexibility index (Phi) is 6.31. The Morgan fingerprint density at radius 1 is 1.42 bits per heavy atom. The van der Waals surface area contributed by atoms with Crippen LogP contribution in [0.25, 0.3) is 0 Å². The van der Waals surface area contributed by atoms with Gasteiger partial charge in [0, 0.05) is 22.6 Å². The summed E-state index contributed by atoms with van der Waals surface area (Å²) >= 11 is 9.22. The second-order valence-electron chi connectivity index (χ2n) is 3.84. The highest BCUT2D eigenvalue weighted by Gasteiger charge is 2.18. The first-order chi connectivity index (χ1) is 8.99. The summed E-state index contributed by atoms with van der Waals surface area (Å²) in [6.07, 6.45) is 0.175. The molecule has 1 aromatic carbocycles. The average molecular weight is 349 g/mol.